The average molecular weight is 408 g/mol. The number of rotatable bonds is 4. The van der Waals surface area contributed by atoms with Crippen LogP contribution in [0.5, 0.6) is 11.5 Å². The predicted molar refractivity (Wildman–Crippen MR) is 110 cm³/mol. The number of nitrogens with one attached hydrogen (secondary N) is 1. The standard InChI is InChI=1S/C22H24N4O4/c1-13-9-14-10-18(25-22(28)17-12-24-26-8-2-7-23-21(17)26)20(11-19(14)29-13)30-16-5-3-15(27)4-6-16/h2,7-8,10-13,15-16,27H,3-6,9H2,1H3,(H,25,28). The van der Waals surface area contributed by atoms with E-state index >= 15 is 0 Å². The maximum absolute atomic E-state index is 13.0. The van der Waals surface area contributed by atoms with Crippen LogP contribution in [0, 0.1) is 0 Å². The monoisotopic (exact) mass is 408 g/mol. The smallest absolute Gasteiger partial charge is 0.261 e. The Balaban J connectivity index is 1.44. The van der Waals surface area contributed by atoms with Crippen LogP contribution in [-0.4, -0.2) is 43.9 Å². The molecule has 2 aromatic heterocycles. The first-order valence-electron chi connectivity index (χ1n) is 10.3. The van der Waals surface area contributed by atoms with E-state index in [0.717, 1.165) is 43.4 Å². The largest absolute Gasteiger partial charge is 0.490 e. The molecule has 1 saturated carbocycles. The maximum Gasteiger partial charge on any atom is 0.261 e. The van der Waals surface area contributed by atoms with Crippen molar-refractivity contribution in [2.75, 3.05) is 5.32 Å². The van der Waals surface area contributed by atoms with Gasteiger partial charge in [0.2, 0.25) is 0 Å². The van der Waals surface area contributed by atoms with Crippen molar-refractivity contribution in [3.8, 4) is 11.5 Å². The number of aromatic nitrogens is 3. The first-order valence-corrected chi connectivity index (χ1v) is 10.3. The van der Waals surface area contributed by atoms with Gasteiger partial charge < -0.3 is 19.9 Å². The fraction of sp³-hybridized carbons (Fsp3) is 0.409. The van der Waals surface area contributed by atoms with E-state index in [1.807, 2.05) is 19.1 Å². The first kappa shape index (κ1) is 18.9. The fourth-order valence-electron chi connectivity index (χ4n) is 4.16. The molecule has 0 saturated heterocycles. The van der Waals surface area contributed by atoms with Crippen LogP contribution in [0.4, 0.5) is 5.69 Å². The van der Waals surface area contributed by atoms with E-state index < -0.39 is 0 Å². The summed E-state index contributed by atoms with van der Waals surface area (Å²) in [6.45, 7) is 2.02. The van der Waals surface area contributed by atoms with Gasteiger partial charge in [-0.05, 0) is 44.7 Å². The number of ether oxygens (including phenoxy) is 2. The molecule has 8 heteroatoms. The Bertz CT molecular complexity index is 1090. The van der Waals surface area contributed by atoms with E-state index in [-0.39, 0.29) is 24.2 Å². The fourth-order valence-corrected chi connectivity index (χ4v) is 4.16. The number of hydrogen-bond acceptors (Lipinski definition) is 6. The SMILES string of the molecule is CC1Cc2cc(NC(=O)c3cnn4cccnc34)c(OC3CCC(O)CC3)cc2O1. The van der Waals surface area contributed by atoms with Crippen molar-refractivity contribution in [1.29, 1.82) is 0 Å². The lowest BCUT2D eigenvalue weighted by atomic mass is 9.95. The van der Waals surface area contributed by atoms with Crippen molar-refractivity contribution in [2.24, 2.45) is 0 Å². The van der Waals surface area contributed by atoms with Gasteiger partial charge in [-0.3, -0.25) is 4.79 Å². The van der Waals surface area contributed by atoms with Crippen LogP contribution in [0.15, 0.2) is 36.8 Å². The first-order chi connectivity index (χ1) is 14.6. The Kier molecular flexibility index (Phi) is 4.78. The molecule has 1 unspecified atom stereocenters. The quantitative estimate of drug-likeness (QED) is 0.689. The minimum absolute atomic E-state index is 0.000395. The van der Waals surface area contributed by atoms with Gasteiger partial charge in [-0.2, -0.15) is 5.10 Å². The summed E-state index contributed by atoms with van der Waals surface area (Å²) < 4.78 is 13.7. The number of anilines is 1. The van der Waals surface area contributed by atoms with Crippen molar-refractivity contribution in [3.05, 3.63) is 47.9 Å². The summed E-state index contributed by atoms with van der Waals surface area (Å²) in [5.41, 5.74) is 2.55. The molecule has 8 nitrogen and oxygen atoms in total. The molecule has 1 aliphatic carbocycles. The summed E-state index contributed by atoms with van der Waals surface area (Å²) in [6, 6.07) is 5.56. The van der Waals surface area contributed by atoms with Crippen LogP contribution in [0.2, 0.25) is 0 Å². The number of aliphatic hydroxyl groups is 1. The van der Waals surface area contributed by atoms with Gasteiger partial charge in [0.05, 0.1) is 24.1 Å². The van der Waals surface area contributed by atoms with Crippen molar-refractivity contribution in [1.82, 2.24) is 14.6 Å². The van der Waals surface area contributed by atoms with E-state index in [1.165, 1.54) is 6.20 Å². The molecule has 0 bridgehead atoms. The topological polar surface area (TPSA) is 98.0 Å². The van der Waals surface area contributed by atoms with Crippen LogP contribution in [-0.2, 0) is 6.42 Å². The summed E-state index contributed by atoms with van der Waals surface area (Å²) in [5, 5.41) is 16.9. The van der Waals surface area contributed by atoms with Gasteiger partial charge in [-0.25, -0.2) is 9.50 Å². The van der Waals surface area contributed by atoms with Gasteiger partial charge in [0.15, 0.2) is 5.65 Å². The second kappa shape index (κ2) is 7.60. The molecule has 3 aromatic rings. The third-order valence-corrected chi connectivity index (χ3v) is 5.71. The van der Waals surface area contributed by atoms with Gasteiger partial charge in [0, 0.05) is 30.4 Å². The lowest BCUT2D eigenvalue weighted by molar-refractivity contribution is 0.0667. The van der Waals surface area contributed by atoms with Gasteiger partial charge in [-0.1, -0.05) is 0 Å². The molecule has 3 heterocycles. The minimum atomic E-state index is -0.292. The normalized spacial score (nSPS) is 23.1. The Morgan fingerprint density at radius 1 is 1.30 bits per heavy atom. The number of carbonyl (C=O) groups excluding carboxylic acids is 1. The zero-order valence-electron chi connectivity index (χ0n) is 16.7. The average Bonchev–Trinajstić information content (AvgIpc) is 3.32. The molecule has 30 heavy (non-hydrogen) atoms. The highest BCUT2D eigenvalue weighted by Gasteiger charge is 2.26. The van der Waals surface area contributed by atoms with E-state index in [0.29, 0.717) is 22.6 Å². The van der Waals surface area contributed by atoms with Crippen molar-refractivity contribution < 1.29 is 19.4 Å². The molecule has 5 rings (SSSR count). The lowest BCUT2D eigenvalue weighted by Crippen LogP contribution is -2.27. The Labute approximate surface area is 173 Å². The van der Waals surface area contributed by atoms with Gasteiger partial charge in [0.1, 0.15) is 23.2 Å². The number of aliphatic hydroxyl groups excluding tert-OH is 1. The van der Waals surface area contributed by atoms with Crippen LogP contribution in [0.3, 0.4) is 0 Å². The Morgan fingerprint density at radius 2 is 2.13 bits per heavy atom. The zero-order valence-corrected chi connectivity index (χ0v) is 16.7. The second-order valence-corrected chi connectivity index (χ2v) is 8.04. The summed E-state index contributed by atoms with van der Waals surface area (Å²) in [7, 11) is 0. The summed E-state index contributed by atoms with van der Waals surface area (Å²) >= 11 is 0. The van der Waals surface area contributed by atoms with E-state index in [9.17, 15) is 9.90 Å². The molecule has 0 radical (unpaired) electrons. The number of hydrogen-bond donors (Lipinski definition) is 2. The Hall–Kier alpha value is -3.13. The van der Waals surface area contributed by atoms with E-state index in [2.05, 4.69) is 15.4 Å². The molecule has 0 spiro atoms. The number of amides is 1. The van der Waals surface area contributed by atoms with Crippen LogP contribution in [0.1, 0.15) is 48.5 Å². The van der Waals surface area contributed by atoms with Crippen molar-refractivity contribution in [3.63, 3.8) is 0 Å². The van der Waals surface area contributed by atoms with Crippen LogP contribution < -0.4 is 14.8 Å². The highest BCUT2D eigenvalue weighted by atomic mass is 16.5. The molecule has 1 aliphatic heterocycles. The van der Waals surface area contributed by atoms with Crippen molar-refractivity contribution in [2.45, 2.75) is 57.3 Å². The number of benzene rings is 1. The molecule has 1 aromatic carbocycles. The van der Waals surface area contributed by atoms with Crippen molar-refractivity contribution >= 4 is 17.2 Å². The highest BCUT2D eigenvalue weighted by molar-refractivity contribution is 6.08. The summed E-state index contributed by atoms with van der Waals surface area (Å²) in [4.78, 5) is 17.3. The van der Waals surface area contributed by atoms with Gasteiger partial charge in [0.25, 0.3) is 5.91 Å². The highest BCUT2D eigenvalue weighted by Crippen LogP contribution is 2.39. The number of nitrogens with zero attached hydrogens (tertiary/aromatic N) is 3. The molecule has 2 N–H and O–H groups in total. The van der Waals surface area contributed by atoms with Gasteiger partial charge in [-0.15, -0.1) is 0 Å². The second-order valence-electron chi connectivity index (χ2n) is 8.04. The summed E-state index contributed by atoms with van der Waals surface area (Å²) in [6.07, 6.45) is 8.52. The van der Waals surface area contributed by atoms with Gasteiger partial charge >= 0.3 is 0 Å². The molecular weight excluding hydrogens is 384 g/mol. The summed E-state index contributed by atoms with van der Waals surface area (Å²) in [5.74, 6) is 1.09. The molecule has 2 aliphatic rings. The number of fused-ring (bicyclic) bond motifs is 2. The third-order valence-electron chi connectivity index (χ3n) is 5.71. The molecular formula is C22H24N4O4. The van der Waals surface area contributed by atoms with E-state index in [4.69, 9.17) is 9.47 Å². The molecule has 1 fully saturated rings. The predicted octanol–water partition coefficient (Wildman–Crippen LogP) is 2.99. The number of carbonyl (C=O) groups is 1. The zero-order chi connectivity index (χ0) is 20.7. The molecule has 156 valence electrons. The van der Waals surface area contributed by atoms with Crippen LogP contribution in [0.25, 0.3) is 5.65 Å². The molecule has 1 atom stereocenters. The minimum Gasteiger partial charge on any atom is -0.490 e. The Morgan fingerprint density at radius 3 is 2.97 bits per heavy atom. The lowest BCUT2D eigenvalue weighted by Gasteiger charge is -2.27. The maximum atomic E-state index is 13.0. The van der Waals surface area contributed by atoms with Crippen LogP contribution >= 0.6 is 0 Å². The van der Waals surface area contributed by atoms with E-state index in [1.54, 1.807) is 23.0 Å². The molecule has 1 amide bonds. The third kappa shape index (κ3) is 3.59.